The maximum atomic E-state index is 13.7. The highest BCUT2D eigenvalue weighted by atomic mass is 32.2. The van der Waals surface area contributed by atoms with E-state index in [9.17, 15) is 22.0 Å². The average molecular weight is 418 g/mol. The van der Waals surface area contributed by atoms with E-state index in [1.165, 1.54) is 22.5 Å². The maximum absolute atomic E-state index is 13.7. The van der Waals surface area contributed by atoms with Crippen LogP contribution in [0.3, 0.4) is 0 Å². The number of halogens is 2. The van der Waals surface area contributed by atoms with Crippen molar-refractivity contribution in [2.45, 2.75) is 30.6 Å². The molecular formula is C21H20F2N2O3S. The van der Waals surface area contributed by atoms with E-state index in [0.29, 0.717) is 41.5 Å². The van der Waals surface area contributed by atoms with Gasteiger partial charge in [0.15, 0.2) is 17.9 Å². The number of aromatic nitrogens is 1. The number of rotatable bonds is 4. The molecule has 0 amide bonds. The summed E-state index contributed by atoms with van der Waals surface area (Å²) >= 11 is 0. The predicted molar refractivity (Wildman–Crippen MR) is 106 cm³/mol. The summed E-state index contributed by atoms with van der Waals surface area (Å²) in [7, 11) is -3.68. The molecule has 0 unspecified atom stereocenters. The number of sulfonamides is 1. The fourth-order valence-corrected chi connectivity index (χ4v) is 5.33. The summed E-state index contributed by atoms with van der Waals surface area (Å²) < 4.78 is 54.6. The molecule has 3 aromatic rings. The number of fused-ring (bicyclic) bond motifs is 1. The van der Waals surface area contributed by atoms with Crippen molar-refractivity contribution in [3.63, 3.8) is 0 Å². The smallest absolute Gasteiger partial charge is 0.243 e. The lowest BCUT2D eigenvalue weighted by molar-refractivity contribution is 0.112. The number of nitrogens with one attached hydrogen (secondary N) is 1. The zero-order valence-corrected chi connectivity index (χ0v) is 16.4. The summed E-state index contributed by atoms with van der Waals surface area (Å²) in [5.41, 5.74) is 1.37. The Morgan fingerprint density at radius 1 is 0.931 bits per heavy atom. The van der Waals surface area contributed by atoms with Crippen molar-refractivity contribution < 1.29 is 22.0 Å². The number of H-pyrrole nitrogens is 1. The largest absolute Gasteiger partial charge is 0.354 e. The Kier molecular flexibility index (Phi) is 5.23. The number of aromatic amines is 1. The lowest BCUT2D eigenvalue weighted by Crippen LogP contribution is -2.31. The SMILES string of the molecule is O=Cc1c(-c2ccc(F)c(F)c2)[nH]c2ccc(S(=O)(=O)N3CCCCCC3)cc12. The molecule has 1 saturated heterocycles. The third-order valence-electron chi connectivity index (χ3n) is 5.34. The molecule has 5 nitrogen and oxygen atoms in total. The van der Waals surface area contributed by atoms with Crippen LogP contribution in [0, 0.1) is 11.6 Å². The van der Waals surface area contributed by atoms with Crippen LogP contribution in [0.25, 0.3) is 22.2 Å². The van der Waals surface area contributed by atoms with Crippen molar-refractivity contribution in [2.24, 2.45) is 0 Å². The highest BCUT2D eigenvalue weighted by Crippen LogP contribution is 2.32. The molecule has 0 saturated carbocycles. The van der Waals surface area contributed by atoms with E-state index in [4.69, 9.17) is 0 Å². The molecule has 4 rings (SSSR count). The van der Waals surface area contributed by atoms with E-state index < -0.39 is 21.7 Å². The van der Waals surface area contributed by atoms with Crippen molar-refractivity contribution >= 4 is 27.2 Å². The van der Waals surface area contributed by atoms with Crippen LogP contribution < -0.4 is 0 Å². The van der Waals surface area contributed by atoms with Gasteiger partial charge in [0, 0.05) is 35.1 Å². The van der Waals surface area contributed by atoms with Crippen LogP contribution in [0.1, 0.15) is 36.0 Å². The van der Waals surface area contributed by atoms with Crippen LogP contribution in [0.2, 0.25) is 0 Å². The zero-order valence-electron chi connectivity index (χ0n) is 15.6. The summed E-state index contributed by atoms with van der Waals surface area (Å²) in [5, 5.41) is 0.427. The summed E-state index contributed by atoms with van der Waals surface area (Å²) in [6.45, 7) is 0.961. The number of hydrogen-bond acceptors (Lipinski definition) is 3. The highest BCUT2D eigenvalue weighted by molar-refractivity contribution is 7.89. The highest BCUT2D eigenvalue weighted by Gasteiger charge is 2.26. The molecule has 0 radical (unpaired) electrons. The van der Waals surface area contributed by atoms with Crippen molar-refractivity contribution in [1.29, 1.82) is 0 Å². The van der Waals surface area contributed by atoms with Crippen LogP contribution in [-0.2, 0) is 10.0 Å². The third-order valence-corrected chi connectivity index (χ3v) is 7.23. The molecular weight excluding hydrogens is 398 g/mol. The minimum atomic E-state index is -3.68. The molecule has 1 fully saturated rings. The Morgan fingerprint density at radius 2 is 1.66 bits per heavy atom. The van der Waals surface area contributed by atoms with Crippen molar-refractivity contribution in [3.8, 4) is 11.3 Å². The van der Waals surface area contributed by atoms with Gasteiger partial charge in [-0.3, -0.25) is 4.79 Å². The Morgan fingerprint density at radius 3 is 2.31 bits per heavy atom. The second kappa shape index (κ2) is 7.68. The van der Waals surface area contributed by atoms with Gasteiger partial charge >= 0.3 is 0 Å². The van der Waals surface area contributed by atoms with Crippen LogP contribution >= 0.6 is 0 Å². The van der Waals surface area contributed by atoms with E-state index in [-0.39, 0.29) is 10.5 Å². The van der Waals surface area contributed by atoms with Gasteiger partial charge in [0.05, 0.1) is 10.6 Å². The van der Waals surface area contributed by atoms with Gasteiger partial charge in [-0.15, -0.1) is 0 Å². The molecule has 2 aromatic carbocycles. The second-order valence-electron chi connectivity index (χ2n) is 7.19. The molecule has 8 heteroatoms. The van der Waals surface area contributed by atoms with E-state index in [1.54, 1.807) is 6.07 Å². The summed E-state index contributed by atoms with van der Waals surface area (Å²) in [5.74, 6) is -2.01. The number of benzene rings is 2. The van der Waals surface area contributed by atoms with Gasteiger partial charge in [0.1, 0.15) is 0 Å². The Bertz CT molecular complexity index is 1180. The second-order valence-corrected chi connectivity index (χ2v) is 9.12. The molecule has 152 valence electrons. The first kappa shape index (κ1) is 19.7. The van der Waals surface area contributed by atoms with Gasteiger partial charge in [-0.05, 0) is 49.2 Å². The van der Waals surface area contributed by atoms with E-state index in [1.807, 2.05) is 0 Å². The fourth-order valence-electron chi connectivity index (χ4n) is 3.79. The molecule has 2 heterocycles. The third kappa shape index (κ3) is 3.58. The Hall–Kier alpha value is -2.58. The van der Waals surface area contributed by atoms with Gasteiger partial charge in [-0.25, -0.2) is 17.2 Å². The quantitative estimate of drug-likeness (QED) is 0.635. The van der Waals surface area contributed by atoms with Crippen LogP contribution in [0.15, 0.2) is 41.3 Å². The summed E-state index contributed by atoms with van der Waals surface area (Å²) in [6.07, 6.45) is 4.26. The summed E-state index contributed by atoms with van der Waals surface area (Å²) in [4.78, 5) is 14.9. The van der Waals surface area contributed by atoms with Gasteiger partial charge in [-0.2, -0.15) is 4.31 Å². The average Bonchev–Trinajstić information content (AvgIpc) is 2.87. The minimum absolute atomic E-state index is 0.117. The molecule has 0 spiro atoms. The number of carbonyl (C=O) groups is 1. The number of nitrogens with zero attached hydrogens (tertiary/aromatic N) is 1. The van der Waals surface area contributed by atoms with Gasteiger partial charge in [-0.1, -0.05) is 12.8 Å². The molecule has 1 aliphatic rings. The van der Waals surface area contributed by atoms with Crippen LogP contribution in [0.5, 0.6) is 0 Å². The molecule has 0 bridgehead atoms. The normalized spacial score (nSPS) is 16.1. The van der Waals surface area contributed by atoms with Crippen LogP contribution in [0.4, 0.5) is 8.78 Å². The van der Waals surface area contributed by atoms with Gasteiger partial charge in [0.2, 0.25) is 10.0 Å². The van der Waals surface area contributed by atoms with Gasteiger partial charge < -0.3 is 4.98 Å². The summed E-state index contributed by atoms with van der Waals surface area (Å²) in [6, 6.07) is 7.92. The number of aldehydes is 1. The van der Waals surface area contributed by atoms with Gasteiger partial charge in [0.25, 0.3) is 0 Å². The Balaban J connectivity index is 1.81. The van der Waals surface area contributed by atoms with E-state index >= 15 is 0 Å². The first-order chi connectivity index (χ1) is 13.9. The van der Waals surface area contributed by atoms with Crippen molar-refractivity contribution in [3.05, 3.63) is 53.6 Å². The fraction of sp³-hybridized carbons (Fsp3) is 0.286. The molecule has 1 aromatic heterocycles. The maximum Gasteiger partial charge on any atom is 0.243 e. The lowest BCUT2D eigenvalue weighted by atomic mass is 10.1. The topological polar surface area (TPSA) is 70.2 Å². The zero-order chi connectivity index (χ0) is 20.6. The molecule has 0 aliphatic carbocycles. The first-order valence-electron chi connectivity index (χ1n) is 9.48. The molecule has 29 heavy (non-hydrogen) atoms. The lowest BCUT2D eigenvalue weighted by Gasteiger charge is -2.20. The first-order valence-corrected chi connectivity index (χ1v) is 10.9. The minimum Gasteiger partial charge on any atom is -0.354 e. The van der Waals surface area contributed by atoms with Crippen molar-refractivity contribution in [2.75, 3.05) is 13.1 Å². The van der Waals surface area contributed by atoms with Crippen LogP contribution in [-0.4, -0.2) is 37.1 Å². The Labute approximate surface area is 167 Å². The molecule has 0 atom stereocenters. The molecule has 1 aliphatic heterocycles. The number of hydrogen-bond donors (Lipinski definition) is 1. The standard InChI is InChI=1S/C21H20F2N2O3S/c22-18-7-5-14(11-19(18)23)21-17(13-26)16-12-15(6-8-20(16)24-21)29(27,28)25-9-3-1-2-4-10-25/h5-8,11-13,24H,1-4,9-10H2. The van der Waals surface area contributed by atoms with E-state index in [2.05, 4.69) is 4.98 Å². The number of carbonyl (C=O) groups excluding carboxylic acids is 1. The van der Waals surface area contributed by atoms with E-state index in [0.717, 1.165) is 37.8 Å². The predicted octanol–water partition coefficient (Wildman–Crippen LogP) is 4.49. The van der Waals surface area contributed by atoms with Crippen molar-refractivity contribution in [1.82, 2.24) is 9.29 Å². The molecule has 1 N–H and O–H groups in total. The monoisotopic (exact) mass is 418 g/mol.